The van der Waals surface area contributed by atoms with Gasteiger partial charge in [0.2, 0.25) is 0 Å². The molecule has 2 aromatic rings. The number of hydrogen-bond acceptors (Lipinski definition) is 3. The summed E-state index contributed by atoms with van der Waals surface area (Å²) in [7, 11) is 0. The molecule has 0 aliphatic carbocycles. The van der Waals surface area contributed by atoms with Crippen molar-refractivity contribution in [1.82, 2.24) is 5.32 Å². The van der Waals surface area contributed by atoms with E-state index in [4.69, 9.17) is 0 Å². The number of aliphatic hydroxyl groups is 1. The van der Waals surface area contributed by atoms with Gasteiger partial charge in [-0.3, -0.25) is 0 Å². The van der Waals surface area contributed by atoms with Crippen LogP contribution in [0.4, 0.5) is 8.78 Å². The summed E-state index contributed by atoms with van der Waals surface area (Å²) in [5, 5.41) is 14.8. The van der Waals surface area contributed by atoms with Gasteiger partial charge in [0.1, 0.15) is 17.7 Å². The van der Waals surface area contributed by atoms with Crippen molar-refractivity contribution < 1.29 is 13.9 Å². The van der Waals surface area contributed by atoms with Crippen molar-refractivity contribution in [3.05, 3.63) is 57.8 Å². The Hall–Kier alpha value is -1.30. The van der Waals surface area contributed by atoms with E-state index in [0.29, 0.717) is 25.1 Å². The Balaban J connectivity index is 1.75. The van der Waals surface area contributed by atoms with Gasteiger partial charge >= 0.3 is 0 Å². The lowest BCUT2D eigenvalue weighted by Gasteiger charge is -2.10. The Kier molecular flexibility index (Phi) is 5.01. The van der Waals surface area contributed by atoms with Gasteiger partial charge in [-0.25, -0.2) is 8.78 Å². The van der Waals surface area contributed by atoms with E-state index in [2.05, 4.69) is 5.32 Å². The van der Waals surface area contributed by atoms with E-state index in [1.807, 2.05) is 17.5 Å². The van der Waals surface area contributed by atoms with Crippen molar-refractivity contribution in [3.63, 3.8) is 0 Å². The number of rotatable bonds is 6. The molecule has 2 N–H and O–H groups in total. The molecule has 0 aliphatic rings. The van der Waals surface area contributed by atoms with Crippen LogP contribution in [0.1, 0.15) is 16.5 Å². The molecule has 5 heteroatoms. The number of nitrogens with one attached hydrogen (secondary N) is 1. The number of hydrogen-bond donors (Lipinski definition) is 2. The van der Waals surface area contributed by atoms with Gasteiger partial charge in [0.05, 0.1) is 0 Å². The van der Waals surface area contributed by atoms with Gasteiger partial charge in [-0.15, -0.1) is 11.3 Å². The van der Waals surface area contributed by atoms with Crippen LogP contribution in [-0.4, -0.2) is 18.2 Å². The highest BCUT2D eigenvalue weighted by Gasteiger charge is 2.07. The van der Waals surface area contributed by atoms with Gasteiger partial charge in [0.15, 0.2) is 0 Å². The van der Waals surface area contributed by atoms with E-state index >= 15 is 0 Å². The smallest absolute Gasteiger partial charge is 0.126 e. The van der Waals surface area contributed by atoms with Crippen molar-refractivity contribution in [2.45, 2.75) is 12.5 Å². The summed E-state index contributed by atoms with van der Waals surface area (Å²) in [6.07, 6.45) is -0.0181. The lowest BCUT2D eigenvalue weighted by molar-refractivity contribution is 0.179. The number of thiophene rings is 1. The average Bonchev–Trinajstić information content (AvgIpc) is 2.87. The summed E-state index contributed by atoms with van der Waals surface area (Å²) in [4.78, 5) is 0.907. The van der Waals surface area contributed by atoms with Crippen molar-refractivity contribution >= 4 is 11.3 Å². The summed E-state index contributed by atoms with van der Waals surface area (Å²) in [6, 6.07) is 7.26. The average molecular weight is 283 g/mol. The predicted molar refractivity (Wildman–Crippen MR) is 72.2 cm³/mol. The summed E-state index contributed by atoms with van der Waals surface area (Å²) in [6.45, 7) is 0.990. The molecular weight excluding hydrogens is 268 g/mol. The first kappa shape index (κ1) is 14.1. The van der Waals surface area contributed by atoms with E-state index in [1.165, 1.54) is 23.5 Å². The van der Waals surface area contributed by atoms with Crippen LogP contribution in [-0.2, 0) is 6.42 Å². The van der Waals surface area contributed by atoms with Gasteiger partial charge in [0, 0.05) is 17.5 Å². The molecule has 0 aliphatic heterocycles. The standard InChI is InChI=1S/C14H15F2NOS/c15-11-6-10(7-12(16)8-11)3-4-17-9-13(18)14-2-1-5-19-14/h1-2,5-8,13,17-18H,3-4,9H2. The van der Waals surface area contributed by atoms with Gasteiger partial charge in [-0.05, 0) is 42.1 Å². The van der Waals surface area contributed by atoms with Gasteiger partial charge in [-0.2, -0.15) is 0 Å². The Morgan fingerprint density at radius 1 is 1.21 bits per heavy atom. The van der Waals surface area contributed by atoms with Crippen molar-refractivity contribution in [1.29, 1.82) is 0 Å². The topological polar surface area (TPSA) is 32.3 Å². The van der Waals surface area contributed by atoms with Crippen molar-refractivity contribution in [3.8, 4) is 0 Å². The van der Waals surface area contributed by atoms with Crippen LogP contribution in [0.25, 0.3) is 0 Å². The molecule has 1 aromatic carbocycles. The van der Waals surface area contributed by atoms with E-state index in [-0.39, 0.29) is 0 Å². The van der Waals surface area contributed by atoms with Gasteiger partial charge < -0.3 is 10.4 Å². The summed E-state index contributed by atoms with van der Waals surface area (Å²) < 4.78 is 25.9. The lowest BCUT2D eigenvalue weighted by atomic mass is 10.1. The third kappa shape index (κ3) is 4.38. The molecule has 19 heavy (non-hydrogen) atoms. The van der Waals surface area contributed by atoms with Crippen LogP contribution < -0.4 is 5.32 Å². The highest BCUT2D eigenvalue weighted by Crippen LogP contribution is 2.17. The maximum absolute atomic E-state index is 13.0. The third-order valence-corrected chi connectivity index (χ3v) is 3.70. The Morgan fingerprint density at radius 2 is 1.95 bits per heavy atom. The normalized spacial score (nSPS) is 12.6. The summed E-state index contributed by atoms with van der Waals surface area (Å²) >= 11 is 1.50. The second-order valence-electron chi connectivity index (χ2n) is 4.26. The highest BCUT2D eigenvalue weighted by molar-refractivity contribution is 7.10. The minimum absolute atomic E-state index is 0.429. The summed E-state index contributed by atoms with van der Waals surface area (Å²) in [5.74, 6) is -1.12. The highest BCUT2D eigenvalue weighted by atomic mass is 32.1. The van der Waals surface area contributed by atoms with E-state index in [0.717, 1.165) is 10.9 Å². The summed E-state index contributed by atoms with van der Waals surface area (Å²) in [5.41, 5.74) is 0.607. The van der Waals surface area contributed by atoms with Crippen LogP contribution in [0.3, 0.4) is 0 Å². The fraction of sp³-hybridized carbons (Fsp3) is 0.286. The first-order valence-electron chi connectivity index (χ1n) is 6.02. The molecule has 0 bridgehead atoms. The first-order chi connectivity index (χ1) is 9.15. The van der Waals surface area contributed by atoms with Crippen LogP contribution in [0.2, 0.25) is 0 Å². The Labute approximate surface area is 114 Å². The molecule has 0 amide bonds. The van der Waals surface area contributed by atoms with Crippen LogP contribution in [0.15, 0.2) is 35.7 Å². The fourth-order valence-corrected chi connectivity index (χ4v) is 2.52. The zero-order valence-corrected chi connectivity index (χ0v) is 11.1. The van der Waals surface area contributed by atoms with Crippen LogP contribution >= 0.6 is 11.3 Å². The lowest BCUT2D eigenvalue weighted by Crippen LogP contribution is -2.23. The number of aliphatic hydroxyl groups excluding tert-OH is 1. The molecule has 1 atom stereocenters. The fourth-order valence-electron chi connectivity index (χ4n) is 1.81. The number of benzene rings is 1. The molecule has 2 nitrogen and oxygen atoms in total. The number of halogens is 2. The molecule has 1 unspecified atom stereocenters. The molecule has 1 aromatic heterocycles. The minimum Gasteiger partial charge on any atom is -0.386 e. The third-order valence-electron chi connectivity index (χ3n) is 2.72. The Bertz CT molecular complexity index is 496. The Morgan fingerprint density at radius 3 is 2.58 bits per heavy atom. The van der Waals surface area contributed by atoms with Crippen molar-refractivity contribution in [2.75, 3.05) is 13.1 Å². The maximum atomic E-state index is 13.0. The zero-order valence-electron chi connectivity index (χ0n) is 10.3. The van der Waals surface area contributed by atoms with Crippen molar-refractivity contribution in [2.24, 2.45) is 0 Å². The first-order valence-corrected chi connectivity index (χ1v) is 6.90. The molecule has 0 radical (unpaired) electrons. The van der Waals surface area contributed by atoms with E-state index in [9.17, 15) is 13.9 Å². The molecule has 0 saturated heterocycles. The molecular formula is C14H15F2NOS. The predicted octanol–water partition coefficient (Wildman–Crippen LogP) is 2.89. The van der Waals surface area contributed by atoms with Crippen LogP contribution in [0, 0.1) is 11.6 Å². The monoisotopic (exact) mass is 283 g/mol. The largest absolute Gasteiger partial charge is 0.386 e. The molecule has 0 spiro atoms. The molecule has 1 heterocycles. The van der Waals surface area contributed by atoms with E-state index in [1.54, 1.807) is 0 Å². The zero-order chi connectivity index (χ0) is 13.7. The van der Waals surface area contributed by atoms with Crippen LogP contribution in [0.5, 0.6) is 0 Å². The van der Waals surface area contributed by atoms with Gasteiger partial charge in [0.25, 0.3) is 0 Å². The SMILES string of the molecule is OC(CNCCc1cc(F)cc(F)c1)c1cccs1. The second kappa shape index (κ2) is 6.75. The quantitative estimate of drug-likeness (QED) is 0.799. The van der Waals surface area contributed by atoms with Gasteiger partial charge in [-0.1, -0.05) is 6.07 Å². The molecule has 102 valence electrons. The maximum Gasteiger partial charge on any atom is 0.126 e. The molecule has 2 rings (SSSR count). The second-order valence-corrected chi connectivity index (χ2v) is 5.24. The minimum atomic E-state index is -0.561. The van der Waals surface area contributed by atoms with E-state index < -0.39 is 17.7 Å². The molecule has 0 fully saturated rings. The molecule has 0 saturated carbocycles.